The third-order valence-electron chi connectivity index (χ3n) is 3.32. The number of alkyl carbamates (subject to hydrolysis) is 1. The highest BCUT2D eigenvalue weighted by molar-refractivity contribution is 5.81. The van der Waals surface area contributed by atoms with Crippen LogP contribution in [0.3, 0.4) is 0 Å². The minimum Gasteiger partial charge on any atom is -0.481 e. The van der Waals surface area contributed by atoms with Crippen LogP contribution in [0.2, 0.25) is 0 Å². The molecule has 10 nitrogen and oxygen atoms in total. The van der Waals surface area contributed by atoms with Gasteiger partial charge in [-0.05, 0) is 40.0 Å². The molecule has 0 aromatic heterocycles. The average molecular weight is 405 g/mol. The number of carbonyl (C=O) groups excluding carboxylic acids is 2. The number of amides is 2. The van der Waals surface area contributed by atoms with E-state index in [4.69, 9.17) is 25.1 Å². The van der Waals surface area contributed by atoms with Crippen LogP contribution in [0.1, 0.15) is 46.5 Å². The molecule has 0 aliphatic rings. The standard InChI is InChI=1S/C18H35N3O7/c1-18(2,3)28-17(25)21-8-5-4-6-14(19)16(24)20-9-11-27-13-12-26-10-7-15(22)23/h14H,4-13,19H2,1-3H3,(H,20,24)(H,21,25)(H,22,23)/t14-/m0/s1. The predicted molar refractivity (Wildman–Crippen MR) is 103 cm³/mol. The lowest BCUT2D eigenvalue weighted by molar-refractivity contribution is -0.138. The van der Waals surface area contributed by atoms with Crippen molar-refractivity contribution in [3.05, 3.63) is 0 Å². The van der Waals surface area contributed by atoms with Gasteiger partial charge in [0.25, 0.3) is 0 Å². The maximum Gasteiger partial charge on any atom is 0.407 e. The van der Waals surface area contributed by atoms with Gasteiger partial charge in [0, 0.05) is 13.1 Å². The summed E-state index contributed by atoms with van der Waals surface area (Å²) in [6.07, 6.45) is 1.42. The molecule has 0 aliphatic carbocycles. The summed E-state index contributed by atoms with van der Waals surface area (Å²) in [5, 5.41) is 13.8. The fraction of sp³-hybridized carbons (Fsp3) is 0.833. The molecule has 0 bridgehead atoms. The molecule has 2 amide bonds. The molecule has 0 saturated carbocycles. The normalized spacial score (nSPS) is 12.3. The Morgan fingerprint density at radius 1 is 0.964 bits per heavy atom. The second-order valence-corrected chi connectivity index (χ2v) is 7.19. The zero-order chi connectivity index (χ0) is 21.4. The lowest BCUT2D eigenvalue weighted by Gasteiger charge is -2.19. The molecule has 0 aromatic carbocycles. The zero-order valence-corrected chi connectivity index (χ0v) is 17.1. The number of carboxylic acid groups (broad SMARTS) is 1. The van der Waals surface area contributed by atoms with Gasteiger partial charge < -0.3 is 35.7 Å². The van der Waals surface area contributed by atoms with Gasteiger partial charge in [0.1, 0.15) is 5.60 Å². The Balaban J connectivity index is 3.54. The number of unbranched alkanes of at least 4 members (excludes halogenated alkanes) is 1. The molecule has 0 rings (SSSR count). The van der Waals surface area contributed by atoms with E-state index in [1.54, 1.807) is 20.8 Å². The van der Waals surface area contributed by atoms with Crippen LogP contribution in [0.15, 0.2) is 0 Å². The third kappa shape index (κ3) is 17.5. The molecule has 0 saturated heterocycles. The first-order valence-electron chi connectivity index (χ1n) is 9.49. The van der Waals surface area contributed by atoms with Crippen LogP contribution in [0.4, 0.5) is 4.79 Å². The van der Waals surface area contributed by atoms with Crippen LogP contribution in [-0.2, 0) is 23.8 Å². The highest BCUT2D eigenvalue weighted by Gasteiger charge is 2.16. The van der Waals surface area contributed by atoms with E-state index in [1.807, 2.05) is 0 Å². The topological polar surface area (TPSA) is 149 Å². The molecule has 5 N–H and O–H groups in total. The van der Waals surface area contributed by atoms with Crippen LogP contribution in [0, 0.1) is 0 Å². The van der Waals surface area contributed by atoms with Crippen molar-refractivity contribution >= 4 is 18.0 Å². The molecule has 10 heteroatoms. The van der Waals surface area contributed by atoms with E-state index < -0.39 is 23.7 Å². The van der Waals surface area contributed by atoms with Gasteiger partial charge in [-0.2, -0.15) is 0 Å². The Labute approximate surface area is 166 Å². The number of aliphatic carboxylic acids is 1. The summed E-state index contributed by atoms with van der Waals surface area (Å²) < 4.78 is 15.4. The molecule has 28 heavy (non-hydrogen) atoms. The summed E-state index contributed by atoms with van der Waals surface area (Å²) in [7, 11) is 0. The maximum atomic E-state index is 11.8. The lowest BCUT2D eigenvalue weighted by Crippen LogP contribution is -2.42. The van der Waals surface area contributed by atoms with Crippen molar-refractivity contribution < 1.29 is 33.7 Å². The van der Waals surface area contributed by atoms with E-state index in [2.05, 4.69) is 10.6 Å². The number of nitrogens with one attached hydrogen (secondary N) is 2. The van der Waals surface area contributed by atoms with Crippen molar-refractivity contribution in [2.45, 2.75) is 58.1 Å². The van der Waals surface area contributed by atoms with E-state index in [9.17, 15) is 14.4 Å². The molecule has 0 aliphatic heterocycles. The fourth-order valence-corrected chi connectivity index (χ4v) is 1.98. The largest absolute Gasteiger partial charge is 0.481 e. The van der Waals surface area contributed by atoms with Crippen molar-refractivity contribution in [1.82, 2.24) is 10.6 Å². The van der Waals surface area contributed by atoms with Gasteiger partial charge in [-0.25, -0.2) is 4.79 Å². The van der Waals surface area contributed by atoms with Crippen LogP contribution < -0.4 is 16.4 Å². The second-order valence-electron chi connectivity index (χ2n) is 7.19. The predicted octanol–water partition coefficient (Wildman–Crippen LogP) is 0.633. The smallest absolute Gasteiger partial charge is 0.407 e. The van der Waals surface area contributed by atoms with E-state index >= 15 is 0 Å². The summed E-state index contributed by atoms with van der Waals surface area (Å²) in [6.45, 7) is 7.29. The number of hydrogen-bond donors (Lipinski definition) is 4. The van der Waals surface area contributed by atoms with Crippen molar-refractivity contribution in [3.63, 3.8) is 0 Å². The molecular weight excluding hydrogens is 370 g/mol. The lowest BCUT2D eigenvalue weighted by atomic mass is 10.1. The molecule has 0 heterocycles. The van der Waals surface area contributed by atoms with Crippen molar-refractivity contribution in [1.29, 1.82) is 0 Å². The van der Waals surface area contributed by atoms with Crippen LogP contribution >= 0.6 is 0 Å². The van der Waals surface area contributed by atoms with E-state index in [0.29, 0.717) is 52.2 Å². The molecule has 1 atom stereocenters. The first-order chi connectivity index (χ1) is 13.1. The first kappa shape index (κ1) is 26.1. The van der Waals surface area contributed by atoms with Crippen LogP contribution in [-0.4, -0.2) is 74.2 Å². The summed E-state index contributed by atoms with van der Waals surface area (Å²) in [6, 6.07) is -0.610. The van der Waals surface area contributed by atoms with Gasteiger partial charge >= 0.3 is 12.1 Å². The first-order valence-corrected chi connectivity index (χ1v) is 9.49. The molecular formula is C18H35N3O7. The molecule has 0 unspecified atom stereocenters. The second kappa shape index (κ2) is 15.1. The number of carbonyl (C=O) groups is 3. The van der Waals surface area contributed by atoms with Gasteiger partial charge in [-0.1, -0.05) is 0 Å². The molecule has 0 fully saturated rings. The summed E-state index contributed by atoms with van der Waals surface area (Å²) in [5.74, 6) is -1.15. The van der Waals surface area contributed by atoms with E-state index in [-0.39, 0.29) is 18.9 Å². The van der Waals surface area contributed by atoms with Crippen molar-refractivity contribution in [2.75, 3.05) is 39.5 Å². The van der Waals surface area contributed by atoms with Crippen LogP contribution in [0.25, 0.3) is 0 Å². The summed E-state index contributed by atoms with van der Waals surface area (Å²) in [5.41, 5.74) is 5.30. The molecule has 0 aromatic rings. The van der Waals surface area contributed by atoms with Gasteiger partial charge in [0.2, 0.25) is 5.91 Å². The molecule has 0 spiro atoms. The minimum absolute atomic E-state index is 0.0367. The Kier molecular flexibility index (Phi) is 14.0. The number of ether oxygens (including phenoxy) is 3. The van der Waals surface area contributed by atoms with Crippen molar-refractivity contribution in [3.8, 4) is 0 Å². The average Bonchev–Trinajstić information content (AvgIpc) is 2.57. The Morgan fingerprint density at radius 2 is 1.61 bits per heavy atom. The summed E-state index contributed by atoms with van der Waals surface area (Å²) in [4.78, 5) is 33.6. The number of rotatable bonds is 15. The number of nitrogens with two attached hydrogens (primary N) is 1. The Hall–Kier alpha value is -1.91. The third-order valence-corrected chi connectivity index (χ3v) is 3.32. The van der Waals surface area contributed by atoms with Crippen molar-refractivity contribution in [2.24, 2.45) is 5.73 Å². The minimum atomic E-state index is -0.903. The Bertz CT molecular complexity index is 467. The van der Waals surface area contributed by atoms with Gasteiger partial charge in [0.15, 0.2) is 0 Å². The Morgan fingerprint density at radius 3 is 2.21 bits per heavy atom. The van der Waals surface area contributed by atoms with Crippen LogP contribution in [0.5, 0.6) is 0 Å². The maximum absolute atomic E-state index is 11.8. The SMILES string of the molecule is CC(C)(C)OC(=O)NCCCC[C@H](N)C(=O)NCCOCCOCCC(=O)O. The highest BCUT2D eigenvalue weighted by Crippen LogP contribution is 2.06. The quantitative estimate of drug-likeness (QED) is 0.290. The van der Waals surface area contributed by atoms with E-state index in [1.165, 1.54) is 0 Å². The zero-order valence-electron chi connectivity index (χ0n) is 17.1. The summed E-state index contributed by atoms with van der Waals surface area (Å²) >= 11 is 0. The van der Waals surface area contributed by atoms with E-state index in [0.717, 1.165) is 0 Å². The molecule has 164 valence electrons. The highest BCUT2D eigenvalue weighted by atomic mass is 16.6. The van der Waals surface area contributed by atoms with Gasteiger partial charge in [0.05, 0.1) is 38.9 Å². The fourth-order valence-electron chi connectivity index (χ4n) is 1.98. The number of carboxylic acids is 1. The number of hydrogen-bond acceptors (Lipinski definition) is 7. The van der Waals surface area contributed by atoms with Gasteiger partial charge in [-0.15, -0.1) is 0 Å². The van der Waals surface area contributed by atoms with Gasteiger partial charge in [-0.3, -0.25) is 9.59 Å². The molecule has 0 radical (unpaired) electrons. The monoisotopic (exact) mass is 405 g/mol.